The quantitative estimate of drug-likeness (QED) is 0.289. The summed E-state index contributed by atoms with van der Waals surface area (Å²) in [5, 5.41) is 1.54. The summed E-state index contributed by atoms with van der Waals surface area (Å²) in [6.45, 7) is 0. The fraction of sp³-hybridized carbons (Fsp3) is 0. The molecule has 33 heavy (non-hydrogen) atoms. The van der Waals surface area contributed by atoms with Gasteiger partial charge in [0.25, 0.3) is 0 Å². The molecular weight excluding hydrogens is 404 g/mol. The molecule has 0 saturated heterocycles. The second-order valence-corrected chi connectivity index (χ2v) is 8.12. The Labute approximate surface area is 191 Å². The van der Waals surface area contributed by atoms with Crippen LogP contribution in [0.25, 0.3) is 55.5 Å². The van der Waals surface area contributed by atoms with Crippen molar-refractivity contribution in [2.75, 3.05) is 0 Å². The van der Waals surface area contributed by atoms with Crippen molar-refractivity contribution in [3.63, 3.8) is 0 Å². The van der Waals surface area contributed by atoms with Crippen molar-refractivity contribution >= 4 is 10.8 Å². The lowest BCUT2D eigenvalue weighted by Gasteiger charge is -2.11. The van der Waals surface area contributed by atoms with Crippen LogP contribution in [0.4, 0.5) is 0 Å². The van der Waals surface area contributed by atoms with Gasteiger partial charge in [-0.3, -0.25) is 0 Å². The molecule has 4 aromatic rings. The maximum atomic E-state index is 13.1. The van der Waals surface area contributed by atoms with Gasteiger partial charge >= 0.3 is 5.63 Å². The standard InChI is InChI=1S/C31H20O2/c32-31-27-20-25-17-16-22(21-10-4-1-5-11-21)18-19-26(25)29(27)28(23-12-6-2-7-13-23)30(33-31)24-14-8-3-9-15-24/h1-20H. The highest BCUT2D eigenvalue weighted by atomic mass is 16.4. The van der Waals surface area contributed by atoms with Gasteiger partial charge in [0.05, 0.1) is 5.39 Å². The number of hydrogen-bond donors (Lipinski definition) is 0. The Balaban J connectivity index is 1.71. The molecule has 3 aromatic carbocycles. The molecule has 2 aliphatic carbocycles. The lowest BCUT2D eigenvalue weighted by atomic mass is 9.95. The molecule has 156 valence electrons. The van der Waals surface area contributed by atoms with Crippen molar-refractivity contribution in [3.05, 3.63) is 132 Å². The summed E-state index contributed by atoms with van der Waals surface area (Å²) in [7, 11) is 0. The third kappa shape index (κ3) is 3.33. The van der Waals surface area contributed by atoms with E-state index in [4.69, 9.17) is 4.42 Å². The lowest BCUT2D eigenvalue weighted by molar-refractivity contribution is 0.536. The average molecular weight is 424 g/mol. The van der Waals surface area contributed by atoms with Crippen LogP contribution < -0.4 is 5.63 Å². The van der Waals surface area contributed by atoms with E-state index in [-0.39, 0.29) is 5.63 Å². The van der Waals surface area contributed by atoms with E-state index >= 15 is 0 Å². The van der Waals surface area contributed by atoms with Crippen LogP contribution in [0.5, 0.6) is 0 Å². The Morgan fingerprint density at radius 2 is 1.00 bits per heavy atom. The summed E-state index contributed by atoms with van der Waals surface area (Å²) in [6.07, 6.45) is 0. The highest BCUT2D eigenvalue weighted by Crippen LogP contribution is 2.43. The second-order valence-electron chi connectivity index (χ2n) is 8.12. The first-order chi connectivity index (χ1) is 16.3. The van der Waals surface area contributed by atoms with Crippen LogP contribution in [-0.4, -0.2) is 0 Å². The number of benzene rings is 3. The molecule has 6 rings (SSSR count). The molecule has 1 heterocycles. The zero-order valence-corrected chi connectivity index (χ0v) is 17.9. The molecule has 0 saturated carbocycles. The van der Waals surface area contributed by atoms with Crippen molar-refractivity contribution in [2.24, 2.45) is 0 Å². The van der Waals surface area contributed by atoms with Crippen LogP contribution >= 0.6 is 0 Å². The molecular formula is C31H20O2. The van der Waals surface area contributed by atoms with Gasteiger partial charge in [0.2, 0.25) is 0 Å². The maximum absolute atomic E-state index is 13.1. The van der Waals surface area contributed by atoms with Gasteiger partial charge in [0.1, 0.15) is 5.76 Å². The Hall–Kier alpha value is -4.43. The minimum absolute atomic E-state index is 0.314. The van der Waals surface area contributed by atoms with Crippen LogP contribution in [-0.2, 0) is 0 Å². The van der Waals surface area contributed by atoms with E-state index in [1.807, 2.05) is 72.8 Å². The van der Waals surface area contributed by atoms with Gasteiger partial charge in [-0.15, -0.1) is 0 Å². The zero-order valence-electron chi connectivity index (χ0n) is 17.9. The van der Waals surface area contributed by atoms with Gasteiger partial charge in [0, 0.05) is 16.5 Å². The van der Waals surface area contributed by atoms with Gasteiger partial charge in [-0.1, -0.05) is 115 Å². The first kappa shape index (κ1) is 19.3. The molecule has 0 radical (unpaired) electrons. The predicted octanol–water partition coefficient (Wildman–Crippen LogP) is 7.90. The van der Waals surface area contributed by atoms with Crippen LogP contribution in [0.3, 0.4) is 0 Å². The Morgan fingerprint density at radius 1 is 0.485 bits per heavy atom. The van der Waals surface area contributed by atoms with Crippen molar-refractivity contribution in [1.29, 1.82) is 0 Å². The van der Waals surface area contributed by atoms with Crippen molar-refractivity contribution in [2.45, 2.75) is 0 Å². The highest BCUT2D eigenvalue weighted by Gasteiger charge is 2.22. The van der Waals surface area contributed by atoms with E-state index in [1.165, 1.54) is 0 Å². The predicted molar refractivity (Wildman–Crippen MR) is 135 cm³/mol. The van der Waals surface area contributed by atoms with E-state index in [9.17, 15) is 4.79 Å². The van der Waals surface area contributed by atoms with Crippen molar-refractivity contribution in [1.82, 2.24) is 0 Å². The van der Waals surface area contributed by atoms with Crippen LogP contribution in [0.15, 0.2) is 131 Å². The van der Waals surface area contributed by atoms with Crippen LogP contribution in [0.1, 0.15) is 0 Å². The molecule has 0 N–H and O–H groups in total. The normalized spacial score (nSPS) is 11.2. The molecule has 2 heteroatoms. The summed E-state index contributed by atoms with van der Waals surface area (Å²) in [5.41, 5.74) is 6.88. The number of rotatable bonds is 3. The molecule has 0 aliphatic heterocycles. The van der Waals surface area contributed by atoms with Crippen molar-refractivity contribution < 1.29 is 4.42 Å². The Morgan fingerprint density at radius 3 is 1.67 bits per heavy atom. The zero-order chi connectivity index (χ0) is 22.2. The van der Waals surface area contributed by atoms with Gasteiger partial charge in [-0.25, -0.2) is 4.79 Å². The first-order valence-corrected chi connectivity index (χ1v) is 11.0. The Kier molecular flexibility index (Phi) is 4.63. The summed E-state index contributed by atoms with van der Waals surface area (Å²) >= 11 is 0. The topological polar surface area (TPSA) is 30.2 Å². The fourth-order valence-electron chi connectivity index (χ4n) is 4.56. The largest absolute Gasteiger partial charge is 0.422 e. The van der Waals surface area contributed by atoms with E-state index in [0.29, 0.717) is 11.1 Å². The van der Waals surface area contributed by atoms with Gasteiger partial charge in [-0.05, 0) is 33.9 Å². The summed E-state index contributed by atoms with van der Waals surface area (Å²) in [5.74, 6) is 0.599. The molecule has 0 atom stereocenters. The van der Waals surface area contributed by atoms with Gasteiger partial charge < -0.3 is 4.42 Å². The molecule has 1 aromatic heterocycles. The van der Waals surface area contributed by atoms with E-state index in [1.54, 1.807) is 0 Å². The molecule has 0 fully saturated rings. The third-order valence-corrected chi connectivity index (χ3v) is 6.12. The van der Waals surface area contributed by atoms with E-state index in [2.05, 4.69) is 48.5 Å². The van der Waals surface area contributed by atoms with E-state index in [0.717, 1.165) is 44.3 Å². The minimum atomic E-state index is -0.314. The van der Waals surface area contributed by atoms with E-state index < -0.39 is 0 Å². The smallest absolute Gasteiger partial charge is 0.344 e. The first-order valence-electron chi connectivity index (χ1n) is 11.0. The van der Waals surface area contributed by atoms with Crippen LogP contribution in [0.2, 0.25) is 0 Å². The van der Waals surface area contributed by atoms with Gasteiger partial charge in [0.15, 0.2) is 0 Å². The Bertz CT molecular complexity index is 1600. The molecule has 0 spiro atoms. The summed E-state index contributed by atoms with van der Waals surface area (Å²) in [6, 6.07) is 40.7. The monoisotopic (exact) mass is 424 g/mol. The van der Waals surface area contributed by atoms with Gasteiger partial charge in [-0.2, -0.15) is 0 Å². The molecule has 0 amide bonds. The number of hydrogen-bond acceptors (Lipinski definition) is 2. The number of fused-ring (bicyclic) bond motifs is 3. The molecule has 0 unspecified atom stereocenters. The third-order valence-electron chi connectivity index (χ3n) is 6.12. The summed E-state index contributed by atoms with van der Waals surface area (Å²) < 4.78 is 5.95. The molecule has 0 bridgehead atoms. The van der Waals surface area contributed by atoms with Crippen LogP contribution in [0, 0.1) is 0 Å². The van der Waals surface area contributed by atoms with Crippen molar-refractivity contribution in [3.8, 4) is 44.7 Å². The average Bonchev–Trinajstić information content (AvgIpc) is 3.11. The molecule has 2 aliphatic rings. The summed E-state index contributed by atoms with van der Waals surface area (Å²) in [4.78, 5) is 13.1. The fourth-order valence-corrected chi connectivity index (χ4v) is 4.56. The second kappa shape index (κ2) is 7.92. The highest BCUT2D eigenvalue weighted by molar-refractivity contribution is 6.12. The molecule has 2 nitrogen and oxygen atoms in total. The minimum Gasteiger partial charge on any atom is -0.422 e. The lowest BCUT2D eigenvalue weighted by Crippen LogP contribution is -2.01. The SMILES string of the molecule is O=c1oc(-c2ccccc2)c(-c2ccccc2)c2c3ccc(-c4ccccc4)ccc-3cc12. The maximum Gasteiger partial charge on any atom is 0.344 e.